The lowest BCUT2D eigenvalue weighted by molar-refractivity contribution is 0.134. The van der Waals surface area contributed by atoms with Crippen LogP contribution in [-0.4, -0.2) is 15.6 Å². The van der Waals surface area contributed by atoms with Crippen LogP contribution in [-0.2, 0) is 0 Å². The number of aliphatic hydroxyl groups excluding tert-OH is 1. The highest BCUT2D eigenvalue weighted by atomic mass is 127. The van der Waals surface area contributed by atoms with Crippen LogP contribution in [0.3, 0.4) is 0 Å². The normalized spacial score (nSPS) is 18.0. The van der Waals surface area contributed by atoms with Crippen molar-refractivity contribution < 1.29 is 5.11 Å². The quantitative estimate of drug-likeness (QED) is 0.577. The summed E-state index contributed by atoms with van der Waals surface area (Å²) in [6.45, 7) is 3.92. The second kappa shape index (κ2) is 4.56. The van der Waals surface area contributed by atoms with Gasteiger partial charge in [-0.3, -0.25) is 0 Å². The minimum Gasteiger partial charge on any atom is -0.393 e. The maximum absolute atomic E-state index is 8.95. The molecule has 50 valence electrons. The van der Waals surface area contributed by atoms with Gasteiger partial charge in [0.1, 0.15) is 0 Å². The van der Waals surface area contributed by atoms with Crippen molar-refractivity contribution in [2.45, 2.75) is 26.4 Å². The minimum atomic E-state index is -0.134. The van der Waals surface area contributed by atoms with Crippen LogP contribution in [0.15, 0.2) is 0 Å². The molecule has 0 saturated carbocycles. The van der Waals surface area contributed by atoms with Gasteiger partial charge in [0, 0.05) is 0 Å². The summed E-state index contributed by atoms with van der Waals surface area (Å²) in [6, 6.07) is 0. The zero-order valence-corrected chi connectivity index (χ0v) is 7.55. The van der Waals surface area contributed by atoms with Crippen molar-refractivity contribution in [3.8, 4) is 0 Å². The smallest absolute Gasteiger partial charge is 0.0537 e. The van der Waals surface area contributed by atoms with Gasteiger partial charge in [0.15, 0.2) is 0 Å². The van der Waals surface area contributed by atoms with Gasteiger partial charge in [-0.2, -0.15) is 0 Å². The summed E-state index contributed by atoms with van der Waals surface area (Å²) >= 11 is 2.32. The molecule has 1 nitrogen and oxygen atoms in total. The summed E-state index contributed by atoms with van der Waals surface area (Å²) in [5.41, 5.74) is 0. The van der Waals surface area contributed by atoms with E-state index in [1.807, 2.05) is 6.92 Å². The van der Waals surface area contributed by atoms with Crippen LogP contribution in [0.2, 0.25) is 0 Å². The third kappa shape index (κ3) is 3.66. The molecule has 8 heavy (non-hydrogen) atoms. The molecule has 0 spiro atoms. The fraction of sp³-hybridized carbons (Fsp3) is 1.00. The Morgan fingerprint density at radius 1 is 1.50 bits per heavy atom. The van der Waals surface area contributed by atoms with Crippen LogP contribution in [0.1, 0.15) is 20.3 Å². The molecule has 2 heteroatoms. The Balaban J connectivity index is 3.17. The first-order valence-electron chi connectivity index (χ1n) is 2.92. The molecule has 0 fully saturated rings. The van der Waals surface area contributed by atoms with E-state index in [-0.39, 0.29) is 6.10 Å². The second-order valence-corrected chi connectivity index (χ2v) is 3.27. The molecular formula is C6H13IO. The maximum Gasteiger partial charge on any atom is 0.0537 e. The van der Waals surface area contributed by atoms with E-state index in [1.54, 1.807) is 0 Å². The number of halogens is 1. The van der Waals surface area contributed by atoms with Crippen molar-refractivity contribution in [1.29, 1.82) is 0 Å². The zero-order chi connectivity index (χ0) is 6.57. The fourth-order valence-electron chi connectivity index (χ4n) is 0.413. The Hall–Kier alpha value is 0.690. The highest BCUT2D eigenvalue weighted by Crippen LogP contribution is 2.08. The maximum atomic E-state index is 8.95. The third-order valence-electron chi connectivity index (χ3n) is 1.39. The second-order valence-electron chi connectivity index (χ2n) is 2.20. The van der Waals surface area contributed by atoms with E-state index < -0.39 is 0 Å². The molecule has 1 N–H and O–H groups in total. The highest BCUT2D eigenvalue weighted by molar-refractivity contribution is 14.1. The molecule has 2 atom stereocenters. The van der Waals surface area contributed by atoms with Crippen LogP contribution >= 0.6 is 22.6 Å². The Bertz CT molecular complexity index is 54.5. The molecule has 0 aliphatic rings. The van der Waals surface area contributed by atoms with Gasteiger partial charge in [-0.25, -0.2) is 0 Å². The summed E-state index contributed by atoms with van der Waals surface area (Å²) in [5, 5.41) is 8.95. The molecule has 0 aliphatic heterocycles. The summed E-state index contributed by atoms with van der Waals surface area (Å²) in [4.78, 5) is 0. The predicted octanol–water partition coefficient (Wildman–Crippen LogP) is 1.83. The zero-order valence-electron chi connectivity index (χ0n) is 5.39. The van der Waals surface area contributed by atoms with Gasteiger partial charge in [-0.15, -0.1) is 0 Å². The number of hydrogen-bond acceptors (Lipinski definition) is 1. The first-order valence-corrected chi connectivity index (χ1v) is 4.45. The van der Waals surface area contributed by atoms with Crippen LogP contribution in [0.25, 0.3) is 0 Å². The molecule has 0 aliphatic carbocycles. The Kier molecular flexibility index (Phi) is 4.95. The molecule has 0 heterocycles. The molecule has 0 bridgehead atoms. The fourth-order valence-corrected chi connectivity index (χ4v) is 1.40. The van der Waals surface area contributed by atoms with Crippen LogP contribution in [0, 0.1) is 5.92 Å². The van der Waals surface area contributed by atoms with Crippen LogP contribution in [0.4, 0.5) is 0 Å². The number of rotatable bonds is 3. The average molecular weight is 228 g/mol. The van der Waals surface area contributed by atoms with Crippen molar-refractivity contribution in [3.63, 3.8) is 0 Å². The first kappa shape index (κ1) is 8.69. The summed E-state index contributed by atoms with van der Waals surface area (Å²) in [5.74, 6) is 0.465. The van der Waals surface area contributed by atoms with Crippen LogP contribution < -0.4 is 0 Å². The summed E-state index contributed by atoms with van der Waals surface area (Å²) in [7, 11) is 0. The highest BCUT2D eigenvalue weighted by Gasteiger charge is 2.05. The van der Waals surface area contributed by atoms with Crippen molar-refractivity contribution in [1.82, 2.24) is 0 Å². The Labute approximate surface area is 64.6 Å². The van der Waals surface area contributed by atoms with E-state index in [0.29, 0.717) is 5.92 Å². The SMILES string of the molecule is CC(O)C(C)CCI. The topological polar surface area (TPSA) is 20.2 Å². The van der Waals surface area contributed by atoms with Crippen molar-refractivity contribution in [3.05, 3.63) is 0 Å². The number of alkyl halides is 1. The number of aliphatic hydroxyl groups is 1. The van der Waals surface area contributed by atoms with Gasteiger partial charge in [0.25, 0.3) is 0 Å². The van der Waals surface area contributed by atoms with Crippen molar-refractivity contribution >= 4 is 22.6 Å². The van der Waals surface area contributed by atoms with Crippen molar-refractivity contribution in [2.24, 2.45) is 5.92 Å². The molecule has 2 unspecified atom stereocenters. The standard InChI is InChI=1S/C6H13IO/c1-5(3-4-7)6(2)8/h5-6,8H,3-4H2,1-2H3. The van der Waals surface area contributed by atoms with Gasteiger partial charge in [0.05, 0.1) is 6.10 Å². The van der Waals surface area contributed by atoms with E-state index in [9.17, 15) is 0 Å². The lowest BCUT2D eigenvalue weighted by Crippen LogP contribution is -2.12. The largest absolute Gasteiger partial charge is 0.393 e. The summed E-state index contributed by atoms with van der Waals surface area (Å²) in [6.07, 6.45) is 0.989. The van der Waals surface area contributed by atoms with E-state index in [2.05, 4.69) is 29.5 Å². The molecule has 0 amide bonds. The lowest BCUT2D eigenvalue weighted by Gasteiger charge is -2.11. The van der Waals surface area contributed by atoms with Gasteiger partial charge >= 0.3 is 0 Å². The van der Waals surface area contributed by atoms with Gasteiger partial charge in [-0.1, -0.05) is 29.5 Å². The first-order chi connectivity index (χ1) is 3.68. The van der Waals surface area contributed by atoms with Gasteiger partial charge in [-0.05, 0) is 23.7 Å². The predicted molar refractivity (Wildman–Crippen MR) is 44.3 cm³/mol. The Morgan fingerprint density at radius 2 is 2.00 bits per heavy atom. The molecule has 0 aromatic carbocycles. The molecule has 0 aromatic rings. The third-order valence-corrected chi connectivity index (χ3v) is 2.01. The van der Waals surface area contributed by atoms with E-state index >= 15 is 0 Å². The van der Waals surface area contributed by atoms with Crippen LogP contribution in [0.5, 0.6) is 0 Å². The van der Waals surface area contributed by atoms with Gasteiger partial charge < -0.3 is 5.11 Å². The molecule has 0 rings (SSSR count). The number of hydrogen-bond donors (Lipinski definition) is 1. The van der Waals surface area contributed by atoms with E-state index in [1.165, 1.54) is 0 Å². The van der Waals surface area contributed by atoms with E-state index in [0.717, 1.165) is 10.8 Å². The van der Waals surface area contributed by atoms with Gasteiger partial charge in [0.2, 0.25) is 0 Å². The molecular weight excluding hydrogens is 215 g/mol. The summed E-state index contributed by atoms with van der Waals surface area (Å²) < 4.78 is 1.14. The van der Waals surface area contributed by atoms with E-state index in [4.69, 9.17) is 5.11 Å². The Morgan fingerprint density at radius 3 is 2.12 bits per heavy atom. The molecule has 0 aromatic heterocycles. The molecule has 0 radical (unpaired) electrons. The minimum absolute atomic E-state index is 0.134. The average Bonchev–Trinajstić information content (AvgIpc) is 1.67. The van der Waals surface area contributed by atoms with Crippen molar-refractivity contribution in [2.75, 3.05) is 4.43 Å². The monoisotopic (exact) mass is 228 g/mol. The molecule has 0 saturated heterocycles. The lowest BCUT2D eigenvalue weighted by atomic mass is 10.0.